The van der Waals surface area contributed by atoms with E-state index in [0.717, 1.165) is 22.3 Å². The van der Waals surface area contributed by atoms with Crippen LogP contribution in [0.1, 0.15) is 73.6 Å². The Labute approximate surface area is 180 Å². The number of hydrogen-bond donors (Lipinski definition) is 0. The first-order valence-electron chi connectivity index (χ1n) is 10.5. The number of sulfonamides is 1. The van der Waals surface area contributed by atoms with Gasteiger partial charge in [-0.3, -0.25) is 9.59 Å². The predicted octanol–water partition coefficient (Wildman–Crippen LogP) is 3.51. The van der Waals surface area contributed by atoms with Crippen molar-refractivity contribution in [1.82, 2.24) is 4.31 Å². The monoisotopic (exact) mass is 429 g/mol. The molecule has 1 aromatic rings. The highest BCUT2D eigenvalue weighted by Gasteiger charge is 2.49. The van der Waals surface area contributed by atoms with Gasteiger partial charge >= 0.3 is 0 Å². The van der Waals surface area contributed by atoms with E-state index in [1.54, 1.807) is 21.0 Å². The topological polar surface area (TPSA) is 71.5 Å². The molecule has 2 aliphatic rings. The molecule has 1 spiro atoms. The van der Waals surface area contributed by atoms with Crippen LogP contribution >= 0.6 is 0 Å². The molecular weight excluding hydrogens is 398 g/mol. The number of nitrogens with zero attached hydrogens (tertiary/aromatic N) is 1. The first-order valence-corrected chi connectivity index (χ1v) is 12.0. The van der Waals surface area contributed by atoms with E-state index in [1.165, 1.54) is 4.31 Å². The summed E-state index contributed by atoms with van der Waals surface area (Å²) in [6.07, 6.45) is 2.94. The van der Waals surface area contributed by atoms with E-state index in [4.69, 9.17) is 0 Å². The number of hydrogen-bond acceptors (Lipinski definition) is 4. The minimum Gasteiger partial charge on any atom is -0.299 e. The number of ketones is 2. The first kappa shape index (κ1) is 22.7. The van der Waals surface area contributed by atoms with Crippen LogP contribution in [0, 0.1) is 31.1 Å². The zero-order valence-electron chi connectivity index (χ0n) is 18.5. The number of Topliss-reactive ketones (excluding diaryl/α,β-unsaturated/α-hetero) is 2. The van der Waals surface area contributed by atoms with Crippen LogP contribution < -0.4 is 0 Å². The predicted molar refractivity (Wildman–Crippen MR) is 118 cm³/mol. The van der Waals surface area contributed by atoms with Crippen molar-refractivity contribution in [3.8, 4) is 11.8 Å². The third kappa shape index (κ3) is 4.10. The quantitative estimate of drug-likeness (QED) is 0.545. The molecule has 2 fully saturated rings. The second-order valence-electron chi connectivity index (χ2n) is 9.14. The highest BCUT2D eigenvalue weighted by Crippen LogP contribution is 2.50. The van der Waals surface area contributed by atoms with Crippen LogP contribution in [0.5, 0.6) is 0 Å². The van der Waals surface area contributed by atoms with Crippen LogP contribution in [0.25, 0.3) is 0 Å². The van der Waals surface area contributed by atoms with Crippen molar-refractivity contribution < 1.29 is 18.0 Å². The van der Waals surface area contributed by atoms with E-state index >= 15 is 0 Å². The Bertz CT molecular complexity index is 992. The lowest BCUT2D eigenvalue weighted by atomic mass is 9.61. The standard InChI is InChI=1S/C24H31NO4S/c1-6-7-18-12-16(2)22(17(3)13-18)23-20(26)14-24(15-21(23)27)10-8-19(9-11-24)30(28,29)25(4)5/h12-13,19,23H,8-11,14-15H2,1-5H3. The van der Waals surface area contributed by atoms with Gasteiger partial charge in [0.1, 0.15) is 17.5 Å². The van der Waals surface area contributed by atoms with Crippen molar-refractivity contribution in [2.24, 2.45) is 5.41 Å². The molecule has 2 saturated carbocycles. The van der Waals surface area contributed by atoms with Crippen LogP contribution in [0.15, 0.2) is 12.1 Å². The Hall–Kier alpha value is -1.97. The summed E-state index contributed by atoms with van der Waals surface area (Å²) < 4.78 is 26.2. The fourth-order valence-electron chi connectivity index (χ4n) is 5.31. The normalized spacial score (nSPS) is 27.3. The molecule has 0 unspecified atom stereocenters. The van der Waals surface area contributed by atoms with Crippen molar-refractivity contribution in [2.45, 2.75) is 70.5 Å². The molecule has 6 heteroatoms. The van der Waals surface area contributed by atoms with Gasteiger partial charge in [0.25, 0.3) is 0 Å². The lowest BCUT2D eigenvalue weighted by Gasteiger charge is -2.43. The maximum Gasteiger partial charge on any atom is 0.216 e. The highest BCUT2D eigenvalue weighted by atomic mass is 32.2. The Morgan fingerprint density at radius 1 is 1.00 bits per heavy atom. The highest BCUT2D eigenvalue weighted by molar-refractivity contribution is 7.89. The van der Waals surface area contributed by atoms with Gasteiger partial charge in [-0.15, -0.1) is 5.92 Å². The van der Waals surface area contributed by atoms with Gasteiger partial charge in [0.2, 0.25) is 10.0 Å². The van der Waals surface area contributed by atoms with Gasteiger partial charge in [-0.2, -0.15) is 0 Å². The molecule has 0 saturated heterocycles. The molecule has 5 nitrogen and oxygen atoms in total. The average molecular weight is 430 g/mol. The molecule has 2 aliphatic carbocycles. The maximum absolute atomic E-state index is 13.2. The lowest BCUT2D eigenvalue weighted by Crippen LogP contribution is -2.45. The van der Waals surface area contributed by atoms with Gasteiger partial charge < -0.3 is 0 Å². The molecule has 0 aliphatic heterocycles. The summed E-state index contributed by atoms with van der Waals surface area (Å²) in [6, 6.07) is 3.89. The number of aryl methyl sites for hydroxylation is 2. The molecule has 0 atom stereocenters. The third-order valence-electron chi connectivity index (χ3n) is 6.82. The summed E-state index contributed by atoms with van der Waals surface area (Å²) in [7, 11) is -0.193. The van der Waals surface area contributed by atoms with Crippen molar-refractivity contribution in [3.05, 3.63) is 34.4 Å². The van der Waals surface area contributed by atoms with Crippen molar-refractivity contribution in [1.29, 1.82) is 0 Å². The van der Waals surface area contributed by atoms with Crippen molar-refractivity contribution in [3.63, 3.8) is 0 Å². The minimum atomic E-state index is -3.30. The fourth-order valence-corrected chi connectivity index (χ4v) is 6.73. The molecule has 0 N–H and O–H groups in total. The molecule has 0 amide bonds. The van der Waals surface area contributed by atoms with Gasteiger partial charge in [-0.1, -0.05) is 5.92 Å². The van der Waals surface area contributed by atoms with Gasteiger partial charge in [0.15, 0.2) is 0 Å². The molecule has 0 bridgehead atoms. The molecule has 162 valence electrons. The Balaban J connectivity index is 1.82. The summed E-state index contributed by atoms with van der Waals surface area (Å²) in [4.78, 5) is 26.4. The molecular formula is C24H31NO4S. The van der Waals surface area contributed by atoms with Crippen molar-refractivity contribution >= 4 is 21.6 Å². The number of carbonyl (C=O) groups is 2. The van der Waals surface area contributed by atoms with Gasteiger partial charge in [-0.25, -0.2) is 12.7 Å². The molecule has 0 aromatic heterocycles. The largest absolute Gasteiger partial charge is 0.299 e. The van der Waals surface area contributed by atoms with Crippen LogP contribution in [0.2, 0.25) is 0 Å². The summed E-state index contributed by atoms with van der Waals surface area (Å²) in [5.41, 5.74) is 3.19. The number of benzene rings is 1. The average Bonchev–Trinajstić information content (AvgIpc) is 2.64. The smallest absolute Gasteiger partial charge is 0.216 e. The second kappa shape index (κ2) is 8.28. The van der Waals surface area contributed by atoms with E-state index < -0.39 is 21.2 Å². The third-order valence-corrected chi connectivity index (χ3v) is 9.15. The van der Waals surface area contributed by atoms with Crippen LogP contribution in [-0.4, -0.2) is 43.6 Å². The first-order chi connectivity index (χ1) is 14.0. The van der Waals surface area contributed by atoms with Gasteiger partial charge in [0, 0.05) is 32.5 Å². The lowest BCUT2D eigenvalue weighted by molar-refractivity contribution is -0.137. The Morgan fingerprint density at radius 3 is 1.93 bits per heavy atom. The minimum absolute atomic E-state index is 0.0271. The Kier molecular flexibility index (Phi) is 6.27. The molecule has 1 aromatic carbocycles. The van der Waals surface area contributed by atoms with E-state index in [1.807, 2.05) is 26.0 Å². The SMILES string of the molecule is CC#Cc1cc(C)c(C2C(=O)CC3(CCC(S(=O)(=O)N(C)C)CC3)CC2=O)c(C)c1. The van der Waals surface area contributed by atoms with Crippen LogP contribution in [0.3, 0.4) is 0 Å². The van der Waals surface area contributed by atoms with Gasteiger partial charge in [0.05, 0.1) is 5.25 Å². The summed E-state index contributed by atoms with van der Waals surface area (Å²) in [5.74, 6) is 5.16. The summed E-state index contributed by atoms with van der Waals surface area (Å²) in [5, 5.41) is -0.419. The Morgan fingerprint density at radius 2 is 1.50 bits per heavy atom. The van der Waals surface area contributed by atoms with Crippen LogP contribution in [-0.2, 0) is 19.6 Å². The molecule has 3 rings (SSSR count). The number of carbonyl (C=O) groups excluding carboxylic acids is 2. The fraction of sp³-hybridized carbons (Fsp3) is 0.583. The molecule has 30 heavy (non-hydrogen) atoms. The molecule has 0 heterocycles. The van der Waals surface area contributed by atoms with E-state index in [0.29, 0.717) is 38.5 Å². The summed E-state index contributed by atoms with van der Waals surface area (Å²) in [6.45, 7) is 5.65. The number of rotatable bonds is 3. The zero-order valence-corrected chi connectivity index (χ0v) is 19.4. The van der Waals surface area contributed by atoms with Crippen LogP contribution in [0.4, 0.5) is 0 Å². The van der Waals surface area contributed by atoms with E-state index in [2.05, 4.69) is 11.8 Å². The summed E-state index contributed by atoms with van der Waals surface area (Å²) >= 11 is 0. The molecule has 0 radical (unpaired) electrons. The van der Waals surface area contributed by atoms with E-state index in [9.17, 15) is 18.0 Å². The second-order valence-corrected chi connectivity index (χ2v) is 11.6. The van der Waals surface area contributed by atoms with Crippen molar-refractivity contribution in [2.75, 3.05) is 14.1 Å². The van der Waals surface area contributed by atoms with E-state index in [-0.39, 0.29) is 17.0 Å². The zero-order chi connectivity index (χ0) is 22.3. The maximum atomic E-state index is 13.2. The van der Waals surface area contributed by atoms with Gasteiger partial charge in [-0.05, 0) is 80.7 Å².